The van der Waals surface area contributed by atoms with Gasteiger partial charge in [0.05, 0.1) is 0 Å². The fraction of sp³-hybridized carbons (Fsp3) is 0.760. The lowest BCUT2D eigenvalue weighted by atomic mass is 9.78. The van der Waals surface area contributed by atoms with Gasteiger partial charge in [0.15, 0.2) is 0 Å². The Labute approximate surface area is 158 Å². The predicted octanol–water partition coefficient (Wildman–Crippen LogP) is 8.21. The number of rotatable bonds is 9. The van der Waals surface area contributed by atoms with Crippen LogP contribution < -0.4 is 0 Å². The maximum absolute atomic E-state index is 2.48. The van der Waals surface area contributed by atoms with Crippen LogP contribution in [0, 0.1) is 5.92 Å². The van der Waals surface area contributed by atoms with E-state index in [1.807, 2.05) is 0 Å². The van der Waals surface area contributed by atoms with Gasteiger partial charge in [-0.15, -0.1) is 0 Å². The molecule has 25 heavy (non-hydrogen) atoms. The largest absolute Gasteiger partial charge is 0.0654 e. The first kappa shape index (κ1) is 22.3. The monoisotopic (exact) mass is 344 g/mol. The summed E-state index contributed by atoms with van der Waals surface area (Å²) in [5, 5.41) is 0. The number of hydrogen-bond donors (Lipinski definition) is 0. The molecule has 0 fully saturated rings. The van der Waals surface area contributed by atoms with Crippen molar-refractivity contribution in [3.05, 3.63) is 34.9 Å². The molecule has 0 N–H and O–H groups in total. The van der Waals surface area contributed by atoms with E-state index in [9.17, 15) is 0 Å². The fourth-order valence-electron chi connectivity index (χ4n) is 3.49. The van der Waals surface area contributed by atoms with Crippen LogP contribution in [0.3, 0.4) is 0 Å². The number of aryl methyl sites for hydroxylation is 1. The molecule has 0 spiro atoms. The van der Waals surface area contributed by atoms with Crippen molar-refractivity contribution in [3.8, 4) is 0 Å². The Hall–Kier alpha value is -0.780. The summed E-state index contributed by atoms with van der Waals surface area (Å²) < 4.78 is 0. The van der Waals surface area contributed by atoms with E-state index in [1.54, 1.807) is 5.56 Å². The second-order valence-corrected chi connectivity index (χ2v) is 10.1. The van der Waals surface area contributed by atoms with Crippen LogP contribution in [0.1, 0.15) is 117 Å². The van der Waals surface area contributed by atoms with Crippen LogP contribution in [-0.2, 0) is 17.3 Å². The van der Waals surface area contributed by atoms with Crippen LogP contribution in [0.2, 0.25) is 0 Å². The van der Waals surface area contributed by atoms with Gasteiger partial charge >= 0.3 is 0 Å². The van der Waals surface area contributed by atoms with Crippen LogP contribution >= 0.6 is 0 Å². The Balaban J connectivity index is 2.94. The molecular formula is C25H44. The summed E-state index contributed by atoms with van der Waals surface area (Å²) in [4.78, 5) is 0. The Morgan fingerprint density at radius 3 is 1.48 bits per heavy atom. The van der Waals surface area contributed by atoms with Gasteiger partial charge in [0.2, 0.25) is 0 Å². The van der Waals surface area contributed by atoms with E-state index >= 15 is 0 Å². The number of unbranched alkanes of at least 4 members (excludes halogenated alkanes) is 2. The van der Waals surface area contributed by atoms with Crippen molar-refractivity contribution in [2.45, 2.75) is 118 Å². The molecule has 0 aliphatic rings. The maximum atomic E-state index is 2.48. The predicted molar refractivity (Wildman–Crippen MR) is 115 cm³/mol. The quantitative estimate of drug-likeness (QED) is 0.423. The highest BCUT2D eigenvalue weighted by Gasteiger charge is 2.20. The Morgan fingerprint density at radius 2 is 1.12 bits per heavy atom. The zero-order valence-electron chi connectivity index (χ0n) is 18.5. The minimum atomic E-state index is 0.222. The highest BCUT2D eigenvalue weighted by Crippen LogP contribution is 2.31. The Kier molecular flexibility index (Phi) is 8.72. The van der Waals surface area contributed by atoms with Crippen molar-refractivity contribution in [1.82, 2.24) is 0 Å². The molecule has 0 aliphatic carbocycles. The van der Waals surface area contributed by atoms with Gasteiger partial charge in [0.1, 0.15) is 0 Å². The van der Waals surface area contributed by atoms with Gasteiger partial charge in [-0.3, -0.25) is 0 Å². The average molecular weight is 345 g/mol. The summed E-state index contributed by atoms with van der Waals surface area (Å²) in [6.07, 6.45) is 10.9. The smallest absolute Gasteiger partial charge is 0.0132 e. The first-order chi connectivity index (χ1) is 11.6. The van der Waals surface area contributed by atoms with E-state index in [0.717, 1.165) is 5.92 Å². The van der Waals surface area contributed by atoms with E-state index < -0.39 is 0 Å². The summed E-state index contributed by atoms with van der Waals surface area (Å²) in [6.45, 7) is 18.7. The molecule has 0 aliphatic heterocycles. The molecule has 144 valence electrons. The van der Waals surface area contributed by atoms with Crippen molar-refractivity contribution in [2.75, 3.05) is 0 Å². The van der Waals surface area contributed by atoms with E-state index in [4.69, 9.17) is 0 Å². The zero-order chi connectivity index (χ0) is 19.1. The van der Waals surface area contributed by atoms with Crippen LogP contribution in [0.25, 0.3) is 0 Å². The number of hydrogen-bond acceptors (Lipinski definition) is 0. The van der Waals surface area contributed by atoms with E-state index in [1.165, 1.54) is 62.5 Å². The van der Waals surface area contributed by atoms with Gasteiger partial charge in [0.25, 0.3) is 0 Å². The molecule has 0 radical (unpaired) electrons. The van der Waals surface area contributed by atoms with Crippen molar-refractivity contribution in [2.24, 2.45) is 5.92 Å². The minimum Gasteiger partial charge on any atom is -0.0654 e. The molecule has 0 unspecified atom stereocenters. The van der Waals surface area contributed by atoms with Crippen molar-refractivity contribution in [3.63, 3.8) is 0 Å². The molecule has 0 atom stereocenters. The molecule has 0 heterocycles. The van der Waals surface area contributed by atoms with E-state index in [-0.39, 0.29) is 10.8 Å². The van der Waals surface area contributed by atoms with Gasteiger partial charge in [-0.2, -0.15) is 0 Å². The fourth-order valence-corrected chi connectivity index (χ4v) is 3.49. The molecule has 0 bridgehead atoms. The summed E-state index contributed by atoms with van der Waals surface area (Å²) in [5.74, 6) is 0.913. The maximum Gasteiger partial charge on any atom is -0.0132 e. The first-order valence-corrected chi connectivity index (χ1v) is 10.7. The third kappa shape index (κ3) is 7.97. The normalized spacial score (nSPS) is 12.8. The molecule has 1 aromatic carbocycles. The van der Waals surface area contributed by atoms with Crippen LogP contribution in [0.15, 0.2) is 18.2 Å². The molecule has 1 aromatic rings. The lowest BCUT2D eigenvalue weighted by Gasteiger charge is -2.26. The second-order valence-electron chi connectivity index (χ2n) is 10.1. The molecule has 0 nitrogen and oxygen atoms in total. The molecule has 0 heteroatoms. The summed E-state index contributed by atoms with van der Waals surface area (Å²) in [6, 6.07) is 7.40. The third-order valence-corrected chi connectivity index (χ3v) is 5.50. The molecule has 0 saturated carbocycles. The minimum absolute atomic E-state index is 0.222. The molecule has 0 saturated heterocycles. The van der Waals surface area contributed by atoms with Gasteiger partial charge in [0, 0.05) is 0 Å². The lowest BCUT2D eigenvalue weighted by Crippen LogP contribution is -2.17. The zero-order valence-corrected chi connectivity index (χ0v) is 18.5. The van der Waals surface area contributed by atoms with E-state index in [0.29, 0.717) is 0 Å². The molecule has 1 rings (SSSR count). The van der Waals surface area contributed by atoms with E-state index in [2.05, 4.69) is 73.6 Å². The topological polar surface area (TPSA) is 0 Å². The lowest BCUT2D eigenvalue weighted by molar-refractivity contribution is 0.393. The summed E-state index contributed by atoms with van der Waals surface area (Å²) in [5.41, 5.74) is 4.98. The van der Waals surface area contributed by atoms with Crippen LogP contribution in [0.5, 0.6) is 0 Å². The van der Waals surface area contributed by atoms with Gasteiger partial charge < -0.3 is 0 Å². The third-order valence-electron chi connectivity index (χ3n) is 5.50. The Morgan fingerprint density at radius 1 is 0.680 bits per heavy atom. The van der Waals surface area contributed by atoms with Gasteiger partial charge in [-0.1, -0.05) is 112 Å². The number of benzene rings is 1. The highest BCUT2D eigenvalue weighted by atomic mass is 14.3. The molecule has 0 aromatic heterocycles. The SMILES string of the molecule is CCCCC(CCCC)CCc1cc(C(C)(C)C)cc(C(C)(C)C)c1. The molecule has 0 amide bonds. The van der Waals surface area contributed by atoms with Crippen LogP contribution in [-0.4, -0.2) is 0 Å². The first-order valence-electron chi connectivity index (χ1n) is 10.7. The highest BCUT2D eigenvalue weighted by molar-refractivity contribution is 5.37. The van der Waals surface area contributed by atoms with Crippen molar-refractivity contribution < 1.29 is 0 Å². The van der Waals surface area contributed by atoms with Gasteiger partial charge in [-0.05, 0) is 46.3 Å². The van der Waals surface area contributed by atoms with Crippen molar-refractivity contribution >= 4 is 0 Å². The molecular weight excluding hydrogens is 300 g/mol. The second kappa shape index (κ2) is 9.79. The van der Waals surface area contributed by atoms with Gasteiger partial charge in [-0.25, -0.2) is 0 Å². The Bertz CT molecular complexity index is 456. The van der Waals surface area contributed by atoms with Crippen LogP contribution in [0.4, 0.5) is 0 Å². The average Bonchev–Trinajstić information content (AvgIpc) is 2.52. The summed E-state index contributed by atoms with van der Waals surface area (Å²) in [7, 11) is 0. The standard InChI is InChI=1S/C25H44/c1-9-11-13-20(14-12-10-2)15-16-21-17-22(24(3,4)5)19-23(18-21)25(6,7)8/h17-20H,9-16H2,1-8H3. The summed E-state index contributed by atoms with van der Waals surface area (Å²) >= 11 is 0. The van der Waals surface area contributed by atoms with Crippen molar-refractivity contribution in [1.29, 1.82) is 0 Å².